The summed E-state index contributed by atoms with van der Waals surface area (Å²) in [6.45, 7) is 0. The third kappa shape index (κ3) is 4.76. The van der Waals surface area contributed by atoms with Gasteiger partial charge >= 0.3 is 0 Å². The van der Waals surface area contributed by atoms with E-state index in [4.69, 9.17) is 4.74 Å². The Balaban J connectivity index is 1.46. The monoisotopic (exact) mass is 412 g/mol. The average molecular weight is 413 g/mol. The molecule has 4 fully saturated rings. The number of sulfonamides is 1. The van der Waals surface area contributed by atoms with Gasteiger partial charge in [-0.15, -0.1) is 0 Å². The predicted octanol–water partition coefficient (Wildman–Crippen LogP) is 3.45. The number of methoxy groups -OCH3 is 1. The van der Waals surface area contributed by atoms with Gasteiger partial charge in [0.25, 0.3) is 0 Å². The number of ether oxygens (including phenoxy) is 1. The van der Waals surface area contributed by atoms with Crippen LogP contribution in [0.25, 0.3) is 0 Å². The zero-order valence-corrected chi connectivity index (χ0v) is 18.6. The number of nitrogens with one attached hydrogen (secondary N) is 2. The van der Waals surface area contributed by atoms with Gasteiger partial charge in [-0.1, -0.05) is 25.7 Å². The summed E-state index contributed by atoms with van der Waals surface area (Å²) in [7, 11) is -1.33. The van der Waals surface area contributed by atoms with E-state index in [9.17, 15) is 8.42 Å². The molecule has 5 nitrogen and oxygen atoms in total. The van der Waals surface area contributed by atoms with E-state index in [1.165, 1.54) is 64.0 Å². The summed E-state index contributed by atoms with van der Waals surface area (Å²) in [5.74, 6) is 3.10. The van der Waals surface area contributed by atoms with Gasteiger partial charge in [0.05, 0.1) is 12.4 Å². The smallest absolute Gasteiger partial charge is 0.208 e. The van der Waals surface area contributed by atoms with Gasteiger partial charge in [0.1, 0.15) is 0 Å². The molecule has 3 saturated carbocycles. The molecule has 1 aliphatic heterocycles. The van der Waals surface area contributed by atoms with E-state index in [0.29, 0.717) is 5.92 Å². The molecule has 0 amide bonds. The van der Waals surface area contributed by atoms with Crippen molar-refractivity contribution >= 4 is 10.0 Å². The van der Waals surface area contributed by atoms with Gasteiger partial charge in [-0.05, 0) is 75.0 Å². The molecule has 7 unspecified atom stereocenters. The van der Waals surface area contributed by atoms with Gasteiger partial charge in [0.2, 0.25) is 10.0 Å². The molecule has 0 aromatic rings. The minimum Gasteiger partial charge on any atom is -0.381 e. The first-order valence-corrected chi connectivity index (χ1v) is 13.6. The Kier molecular flexibility index (Phi) is 6.70. The fourth-order valence-corrected chi connectivity index (χ4v) is 8.03. The van der Waals surface area contributed by atoms with Crippen molar-refractivity contribution in [3.05, 3.63) is 0 Å². The van der Waals surface area contributed by atoms with E-state index >= 15 is 0 Å². The second-order valence-electron chi connectivity index (χ2n) is 10.1. The SMILES string of the molecule is COC1CC(NS(C)(=O)=O)CCC1CC1C2CCCCC2NC2CCCCC21. The molecule has 3 aliphatic carbocycles. The van der Waals surface area contributed by atoms with Crippen LogP contribution in [0.3, 0.4) is 0 Å². The minimum atomic E-state index is -3.15. The van der Waals surface area contributed by atoms with Crippen LogP contribution in [0.1, 0.15) is 77.0 Å². The average Bonchev–Trinajstić information content (AvgIpc) is 2.67. The summed E-state index contributed by atoms with van der Waals surface area (Å²) in [4.78, 5) is 0. The summed E-state index contributed by atoms with van der Waals surface area (Å²) < 4.78 is 32.0. The third-order valence-electron chi connectivity index (χ3n) is 8.35. The van der Waals surface area contributed by atoms with Gasteiger partial charge in [0, 0.05) is 25.2 Å². The van der Waals surface area contributed by atoms with E-state index in [1.54, 1.807) is 0 Å². The number of rotatable bonds is 5. The first-order valence-electron chi connectivity index (χ1n) is 11.7. The maximum absolute atomic E-state index is 11.6. The molecule has 0 radical (unpaired) electrons. The van der Waals surface area contributed by atoms with Crippen LogP contribution >= 0.6 is 0 Å². The normalized spacial score (nSPS) is 44.5. The molecule has 0 aromatic heterocycles. The van der Waals surface area contributed by atoms with Crippen molar-refractivity contribution < 1.29 is 13.2 Å². The van der Waals surface area contributed by atoms with Gasteiger partial charge < -0.3 is 10.1 Å². The van der Waals surface area contributed by atoms with Crippen LogP contribution in [0.2, 0.25) is 0 Å². The van der Waals surface area contributed by atoms with Crippen LogP contribution < -0.4 is 10.0 Å². The Labute approximate surface area is 171 Å². The van der Waals surface area contributed by atoms with E-state index in [2.05, 4.69) is 10.0 Å². The highest BCUT2D eigenvalue weighted by Gasteiger charge is 2.47. The Hall–Kier alpha value is -0.170. The Bertz CT molecular complexity index is 603. The van der Waals surface area contributed by atoms with Crippen LogP contribution in [0.15, 0.2) is 0 Å². The van der Waals surface area contributed by atoms with Gasteiger partial charge in [0.15, 0.2) is 0 Å². The van der Waals surface area contributed by atoms with Crippen LogP contribution in [-0.2, 0) is 14.8 Å². The van der Waals surface area contributed by atoms with Crippen molar-refractivity contribution in [1.82, 2.24) is 10.0 Å². The van der Waals surface area contributed by atoms with E-state index in [0.717, 1.165) is 49.1 Å². The second kappa shape index (κ2) is 8.91. The van der Waals surface area contributed by atoms with Crippen LogP contribution in [0, 0.1) is 23.7 Å². The Morgan fingerprint density at radius 3 is 2.11 bits per heavy atom. The largest absolute Gasteiger partial charge is 0.381 e. The lowest BCUT2D eigenvalue weighted by atomic mass is 9.59. The summed E-state index contributed by atoms with van der Waals surface area (Å²) in [6.07, 6.45) is 16.7. The molecule has 0 bridgehead atoms. The molecular formula is C22H40N2O3S. The van der Waals surface area contributed by atoms with Crippen molar-refractivity contribution in [3.63, 3.8) is 0 Å². The number of hydrogen-bond donors (Lipinski definition) is 2. The maximum atomic E-state index is 11.6. The highest BCUT2D eigenvalue weighted by Crippen LogP contribution is 2.48. The molecule has 28 heavy (non-hydrogen) atoms. The summed E-state index contributed by atoms with van der Waals surface area (Å²) in [6, 6.07) is 1.51. The molecule has 0 spiro atoms. The lowest BCUT2D eigenvalue weighted by molar-refractivity contribution is -0.0316. The molecule has 6 heteroatoms. The first-order chi connectivity index (χ1) is 13.4. The second-order valence-corrected chi connectivity index (χ2v) is 11.9. The van der Waals surface area contributed by atoms with E-state index in [-0.39, 0.29) is 12.1 Å². The highest BCUT2D eigenvalue weighted by atomic mass is 32.2. The van der Waals surface area contributed by atoms with Crippen LogP contribution in [-0.4, -0.2) is 46.0 Å². The minimum absolute atomic E-state index is 0.0362. The van der Waals surface area contributed by atoms with Crippen molar-refractivity contribution in [2.75, 3.05) is 13.4 Å². The van der Waals surface area contributed by atoms with Crippen molar-refractivity contribution in [2.24, 2.45) is 23.7 Å². The topological polar surface area (TPSA) is 67.4 Å². The quantitative estimate of drug-likeness (QED) is 0.726. The maximum Gasteiger partial charge on any atom is 0.208 e. The molecule has 0 aromatic carbocycles. The fraction of sp³-hybridized carbons (Fsp3) is 1.00. The zero-order valence-electron chi connectivity index (χ0n) is 17.7. The fourth-order valence-electron chi connectivity index (χ4n) is 7.21. The summed E-state index contributed by atoms with van der Waals surface area (Å²) in [5.41, 5.74) is 0. The molecule has 162 valence electrons. The number of piperidine rings is 1. The van der Waals surface area contributed by atoms with E-state index in [1.807, 2.05) is 7.11 Å². The first kappa shape index (κ1) is 21.1. The molecule has 1 saturated heterocycles. The zero-order chi connectivity index (χ0) is 19.7. The van der Waals surface area contributed by atoms with Crippen molar-refractivity contribution in [1.29, 1.82) is 0 Å². The highest BCUT2D eigenvalue weighted by molar-refractivity contribution is 7.88. The molecule has 1 heterocycles. The van der Waals surface area contributed by atoms with Crippen molar-refractivity contribution in [2.45, 2.75) is 101 Å². The Morgan fingerprint density at radius 2 is 1.54 bits per heavy atom. The van der Waals surface area contributed by atoms with E-state index < -0.39 is 10.0 Å². The lowest BCUT2D eigenvalue weighted by Gasteiger charge is -2.53. The van der Waals surface area contributed by atoms with Crippen molar-refractivity contribution in [3.8, 4) is 0 Å². The number of fused-ring (bicyclic) bond motifs is 2. The van der Waals surface area contributed by atoms with Crippen LogP contribution in [0.5, 0.6) is 0 Å². The van der Waals surface area contributed by atoms with Gasteiger partial charge in [-0.3, -0.25) is 0 Å². The van der Waals surface area contributed by atoms with Gasteiger partial charge in [-0.2, -0.15) is 0 Å². The molecule has 2 N–H and O–H groups in total. The standard InChI is InChI=1S/C22H40N2O3S/c1-27-22-14-16(24-28(2,25)26)12-11-15(22)13-19-17-7-3-5-9-20(17)23-21-10-6-4-8-18(19)21/h15-24H,3-14H2,1-2H3. The number of hydrogen-bond acceptors (Lipinski definition) is 4. The molecule has 7 atom stereocenters. The molecular weight excluding hydrogens is 372 g/mol. The predicted molar refractivity (Wildman–Crippen MR) is 113 cm³/mol. The summed E-state index contributed by atoms with van der Waals surface area (Å²) in [5, 5.41) is 4.07. The summed E-state index contributed by atoms with van der Waals surface area (Å²) >= 11 is 0. The van der Waals surface area contributed by atoms with Gasteiger partial charge in [-0.25, -0.2) is 13.1 Å². The lowest BCUT2D eigenvalue weighted by Crippen LogP contribution is -2.59. The van der Waals surface area contributed by atoms with Crippen LogP contribution in [0.4, 0.5) is 0 Å². The third-order valence-corrected chi connectivity index (χ3v) is 9.12. The molecule has 4 rings (SSSR count). The Morgan fingerprint density at radius 1 is 0.929 bits per heavy atom. The molecule has 4 aliphatic rings.